The van der Waals surface area contributed by atoms with Gasteiger partial charge in [0.1, 0.15) is 0 Å². The van der Waals surface area contributed by atoms with Crippen molar-refractivity contribution in [2.45, 2.75) is 53.1 Å². The summed E-state index contributed by atoms with van der Waals surface area (Å²) in [5, 5.41) is 7.57. The van der Waals surface area contributed by atoms with Crippen LogP contribution in [0.25, 0.3) is 5.57 Å². The second kappa shape index (κ2) is 14.1. The number of likely N-dealkylation sites (tertiary alicyclic amines) is 1. The van der Waals surface area contributed by atoms with E-state index in [4.69, 9.17) is 10.8 Å². The Morgan fingerprint density at radius 2 is 2.13 bits per heavy atom. The van der Waals surface area contributed by atoms with E-state index in [-0.39, 0.29) is 19.1 Å². The maximum absolute atomic E-state index is 11.7. The average molecular weight is 416 g/mol. The molecule has 2 atom stereocenters. The minimum atomic E-state index is -0.0449. The second-order valence-electron chi connectivity index (χ2n) is 8.04. The van der Waals surface area contributed by atoms with Gasteiger partial charge >= 0.3 is 0 Å². The lowest BCUT2D eigenvalue weighted by Gasteiger charge is -2.23. The number of benzene rings is 1. The summed E-state index contributed by atoms with van der Waals surface area (Å²) in [4.78, 5) is 16.0. The fraction of sp³-hybridized carbons (Fsp3) is 0.560. The van der Waals surface area contributed by atoms with Crippen LogP contribution in [0.5, 0.6) is 0 Å². The first kappa shape index (κ1) is 26.1. The molecule has 1 fully saturated rings. The van der Waals surface area contributed by atoms with Gasteiger partial charge in [-0.15, -0.1) is 0 Å². The molecule has 0 spiro atoms. The summed E-state index contributed by atoms with van der Waals surface area (Å²) in [7, 11) is 1.79. The van der Waals surface area contributed by atoms with Gasteiger partial charge in [-0.2, -0.15) is 0 Å². The predicted octanol–water partition coefficient (Wildman–Crippen LogP) is 3.68. The molecule has 1 aromatic carbocycles. The number of aliphatic hydroxyl groups excluding tert-OH is 1. The number of hydrogen-bond donors (Lipinski definition) is 2. The third kappa shape index (κ3) is 8.82. The maximum Gasteiger partial charge on any atom is 0.236 e. The van der Waals surface area contributed by atoms with Gasteiger partial charge in [-0.25, -0.2) is 0 Å². The highest BCUT2D eigenvalue weighted by molar-refractivity contribution is 5.78. The van der Waals surface area contributed by atoms with Crippen LogP contribution >= 0.6 is 0 Å². The maximum atomic E-state index is 11.7. The Bertz CT molecular complexity index is 699. The Morgan fingerprint density at radius 1 is 1.43 bits per heavy atom. The van der Waals surface area contributed by atoms with Crippen molar-refractivity contribution in [1.82, 2.24) is 9.80 Å². The molecule has 1 aliphatic rings. The van der Waals surface area contributed by atoms with E-state index in [1.807, 2.05) is 0 Å². The quantitative estimate of drug-likeness (QED) is 0.636. The molecule has 0 saturated carbocycles. The number of amides is 1. The molecule has 1 unspecified atom stereocenters. The third-order valence-electron chi connectivity index (χ3n) is 5.41. The number of carbonyl (C=O) groups excluding carboxylic acids is 1. The van der Waals surface area contributed by atoms with Crippen molar-refractivity contribution in [2.75, 3.05) is 33.3 Å². The van der Waals surface area contributed by atoms with Crippen LogP contribution in [0.15, 0.2) is 42.5 Å². The van der Waals surface area contributed by atoms with E-state index in [9.17, 15) is 4.79 Å². The highest BCUT2D eigenvalue weighted by Gasteiger charge is 2.20. The Kier molecular flexibility index (Phi) is 12.3. The molecular weight excluding hydrogens is 374 g/mol. The van der Waals surface area contributed by atoms with E-state index in [1.165, 1.54) is 30.5 Å². The lowest BCUT2D eigenvalue weighted by molar-refractivity contribution is -0.128. The molecule has 1 aliphatic heterocycles. The third-order valence-corrected chi connectivity index (χ3v) is 5.41. The zero-order chi connectivity index (χ0) is 22.5. The van der Waals surface area contributed by atoms with Gasteiger partial charge in [-0.05, 0) is 68.8 Å². The number of nitrogens with two attached hydrogens (primary N) is 1. The van der Waals surface area contributed by atoms with Crippen LogP contribution in [0.3, 0.4) is 0 Å². The average Bonchev–Trinajstić information content (AvgIpc) is 3.13. The summed E-state index contributed by atoms with van der Waals surface area (Å²) in [6, 6.07) is 9.11. The van der Waals surface area contributed by atoms with E-state index in [0.717, 1.165) is 12.1 Å². The van der Waals surface area contributed by atoms with Crippen molar-refractivity contribution in [3.8, 4) is 0 Å². The molecule has 5 nitrogen and oxygen atoms in total. The minimum absolute atomic E-state index is 0.0449. The van der Waals surface area contributed by atoms with Crippen LogP contribution in [0.1, 0.15) is 51.7 Å². The van der Waals surface area contributed by atoms with E-state index < -0.39 is 0 Å². The lowest BCUT2D eigenvalue weighted by Crippen LogP contribution is -2.32. The Balaban J connectivity index is 0.00000141. The van der Waals surface area contributed by atoms with Crippen LogP contribution < -0.4 is 5.73 Å². The molecule has 5 heteroatoms. The SMILES string of the molecule is C/C=C(\C=C/C(C)CN1CCC[C@H]1C)c1cccc(CN(C)C(=O)CN)c1.CCO. The van der Waals surface area contributed by atoms with E-state index >= 15 is 0 Å². The topological polar surface area (TPSA) is 69.8 Å². The first-order chi connectivity index (χ1) is 14.4. The fourth-order valence-electron chi connectivity index (χ4n) is 3.69. The molecule has 1 aromatic rings. The van der Waals surface area contributed by atoms with Gasteiger partial charge in [0.05, 0.1) is 6.54 Å². The zero-order valence-corrected chi connectivity index (χ0v) is 19.5. The van der Waals surface area contributed by atoms with E-state index in [0.29, 0.717) is 18.5 Å². The molecule has 168 valence electrons. The van der Waals surface area contributed by atoms with Crippen molar-refractivity contribution in [1.29, 1.82) is 0 Å². The Morgan fingerprint density at radius 3 is 2.70 bits per heavy atom. The van der Waals surface area contributed by atoms with Crippen molar-refractivity contribution in [3.05, 3.63) is 53.6 Å². The minimum Gasteiger partial charge on any atom is -0.397 e. The van der Waals surface area contributed by atoms with Gasteiger partial charge in [0.2, 0.25) is 5.91 Å². The molecule has 0 aliphatic carbocycles. The first-order valence-corrected chi connectivity index (χ1v) is 11.1. The summed E-state index contributed by atoms with van der Waals surface area (Å²) in [5.74, 6) is 0.480. The van der Waals surface area contributed by atoms with Gasteiger partial charge in [-0.1, -0.05) is 43.4 Å². The number of carbonyl (C=O) groups is 1. The molecule has 30 heavy (non-hydrogen) atoms. The summed E-state index contributed by atoms with van der Waals surface area (Å²) in [6.07, 6.45) is 9.35. The number of likely N-dealkylation sites (N-methyl/N-ethyl adjacent to an activating group) is 1. The van der Waals surface area contributed by atoms with E-state index in [2.05, 4.69) is 68.2 Å². The molecule has 0 radical (unpaired) electrons. The molecule has 0 bridgehead atoms. The summed E-state index contributed by atoms with van der Waals surface area (Å²) in [6.45, 7) is 11.6. The molecule has 3 N–H and O–H groups in total. The summed E-state index contributed by atoms with van der Waals surface area (Å²) >= 11 is 0. The summed E-state index contributed by atoms with van der Waals surface area (Å²) < 4.78 is 0. The van der Waals surface area contributed by atoms with Crippen LogP contribution in [0.4, 0.5) is 0 Å². The Hall–Kier alpha value is -1.95. The molecular formula is C25H41N3O2. The number of nitrogens with zero attached hydrogens (tertiary/aromatic N) is 2. The summed E-state index contributed by atoms with van der Waals surface area (Å²) in [5.41, 5.74) is 8.96. The van der Waals surface area contributed by atoms with Crippen molar-refractivity contribution >= 4 is 11.5 Å². The van der Waals surface area contributed by atoms with Gasteiger partial charge < -0.3 is 20.6 Å². The van der Waals surface area contributed by atoms with Gasteiger partial charge in [0.25, 0.3) is 0 Å². The molecule has 1 saturated heterocycles. The van der Waals surface area contributed by atoms with Gasteiger partial charge in [-0.3, -0.25) is 4.79 Å². The van der Waals surface area contributed by atoms with Crippen LogP contribution in [0, 0.1) is 5.92 Å². The monoisotopic (exact) mass is 415 g/mol. The number of hydrogen-bond acceptors (Lipinski definition) is 4. The molecule has 1 heterocycles. The highest BCUT2D eigenvalue weighted by Crippen LogP contribution is 2.21. The molecule has 2 rings (SSSR count). The number of aliphatic hydroxyl groups is 1. The van der Waals surface area contributed by atoms with Crippen molar-refractivity contribution in [2.24, 2.45) is 11.7 Å². The van der Waals surface area contributed by atoms with Crippen molar-refractivity contribution < 1.29 is 9.90 Å². The molecule has 1 amide bonds. The second-order valence-corrected chi connectivity index (χ2v) is 8.04. The number of rotatable bonds is 8. The van der Waals surface area contributed by atoms with Crippen LogP contribution in [-0.2, 0) is 11.3 Å². The van der Waals surface area contributed by atoms with Crippen LogP contribution in [-0.4, -0.2) is 60.1 Å². The van der Waals surface area contributed by atoms with Gasteiger partial charge in [0.15, 0.2) is 0 Å². The highest BCUT2D eigenvalue weighted by atomic mass is 16.2. The standard InChI is InChI=1S/C23H35N3O.C2H6O/c1-5-21(12-11-18(2)16-26-13-7-8-19(26)3)22-10-6-9-20(14-22)17-25(4)23(27)15-24;1-2-3/h5-6,9-12,14,18-19H,7-8,13,15-17,24H2,1-4H3;3H,2H2,1H3/b12-11-,21-5+;/t18?,19-;/m1./s1. The van der Waals surface area contributed by atoms with Gasteiger partial charge in [0, 0.05) is 32.8 Å². The van der Waals surface area contributed by atoms with Crippen LogP contribution in [0.2, 0.25) is 0 Å². The first-order valence-electron chi connectivity index (χ1n) is 11.1. The normalized spacial score (nSPS) is 18.2. The smallest absolute Gasteiger partial charge is 0.236 e. The van der Waals surface area contributed by atoms with Crippen molar-refractivity contribution in [3.63, 3.8) is 0 Å². The van der Waals surface area contributed by atoms with E-state index in [1.54, 1.807) is 18.9 Å². The predicted molar refractivity (Wildman–Crippen MR) is 127 cm³/mol. The molecule has 0 aromatic heterocycles. The fourth-order valence-corrected chi connectivity index (χ4v) is 3.69. The largest absolute Gasteiger partial charge is 0.397 e. The Labute approximate surface area is 183 Å². The number of allylic oxidation sites excluding steroid dienone is 3. The lowest BCUT2D eigenvalue weighted by atomic mass is 10.0. The zero-order valence-electron chi connectivity index (χ0n) is 19.5.